The zero-order valence-corrected chi connectivity index (χ0v) is 13.3. The fourth-order valence-electron chi connectivity index (χ4n) is 2.90. The van der Waals surface area contributed by atoms with Gasteiger partial charge in [0.1, 0.15) is 0 Å². The molecule has 0 spiro atoms. The van der Waals surface area contributed by atoms with Crippen molar-refractivity contribution in [1.29, 1.82) is 0 Å². The smallest absolute Gasteiger partial charge is 0.270 e. The van der Waals surface area contributed by atoms with Gasteiger partial charge in [-0.15, -0.1) is 0 Å². The number of nitro benzene ring substituents is 1. The molecule has 23 heavy (non-hydrogen) atoms. The standard InChI is InChI=1S/C16H21N3O4/c1-12-5-3-6-13(2)18(12)16(20)11-23-17-10-14-7-4-8-15(9-14)19(21)22/h4,7-10,12-13H,3,5-6,11H2,1-2H3/b17-10-/t12-,13+. The number of nitro groups is 1. The van der Waals surface area contributed by atoms with Gasteiger partial charge in [0.15, 0.2) is 6.61 Å². The molecule has 0 bridgehead atoms. The highest BCUT2D eigenvalue weighted by molar-refractivity contribution is 5.81. The molecule has 1 saturated heterocycles. The lowest BCUT2D eigenvalue weighted by Crippen LogP contribution is -2.48. The minimum atomic E-state index is -0.471. The van der Waals surface area contributed by atoms with Crippen molar-refractivity contribution in [2.24, 2.45) is 5.16 Å². The van der Waals surface area contributed by atoms with Gasteiger partial charge in [0, 0.05) is 29.8 Å². The number of benzene rings is 1. The highest BCUT2D eigenvalue weighted by Crippen LogP contribution is 2.22. The molecular weight excluding hydrogens is 298 g/mol. The van der Waals surface area contributed by atoms with Crippen molar-refractivity contribution in [3.05, 3.63) is 39.9 Å². The molecule has 2 rings (SSSR count). The van der Waals surface area contributed by atoms with Crippen LogP contribution in [0.2, 0.25) is 0 Å². The molecule has 1 aromatic carbocycles. The quantitative estimate of drug-likeness (QED) is 0.474. The van der Waals surface area contributed by atoms with Crippen LogP contribution in [0.1, 0.15) is 38.7 Å². The van der Waals surface area contributed by atoms with Gasteiger partial charge in [-0.05, 0) is 33.1 Å². The zero-order chi connectivity index (χ0) is 16.8. The Hall–Kier alpha value is -2.44. The molecule has 7 heteroatoms. The van der Waals surface area contributed by atoms with Crippen LogP contribution in [0.4, 0.5) is 5.69 Å². The average molecular weight is 319 g/mol. The van der Waals surface area contributed by atoms with Gasteiger partial charge in [-0.2, -0.15) is 0 Å². The minimum absolute atomic E-state index is 0.0130. The van der Waals surface area contributed by atoms with Crippen LogP contribution in [0.5, 0.6) is 0 Å². The SMILES string of the molecule is C[C@@H]1CCC[C@H](C)N1C(=O)CO/N=C\c1cccc([N+](=O)[O-])c1. The lowest BCUT2D eigenvalue weighted by atomic mass is 9.97. The van der Waals surface area contributed by atoms with Crippen molar-refractivity contribution in [3.63, 3.8) is 0 Å². The molecule has 124 valence electrons. The van der Waals surface area contributed by atoms with Crippen LogP contribution in [0.3, 0.4) is 0 Å². The van der Waals surface area contributed by atoms with Gasteiger partial charge in [0.2, 0.25) is 0 Å². The molecule has 0 aromatic heterocycles. The van der Waals surface area contributed by atoms with Crippen LogP contribution in [-0.2, 0) is 9.63 Å². The van der Waals surface area contributed by atoms with Crippen LogP contribution < -0.4 is 0 Å². The summed E-state index contributed by atoms with van der Waals surface area (Å²) in [6.45, 7) is 3.96. The average Bonchev–Trinajstić information content (AvgIpc) is 2.51. The second kappa shape index (κ2) is 7.71. The molecule has 1 fully saturated rings. The van der Waals surface area contributed by atoms with E-state index in [1.807, 2.05) is 18.7 Å². The van der Waals surface area contributed by atoms with E-state index in [9.17, 15) is 14.9 Å². The molecule has 0 aliphatic carbocycles. The molecule has 1 amide bonds. The van der Waals surface area contributed by atoms with E-state index >= 15 is 0 Å². The third kappa shape index (κ3) is 4.51. The number of carbonyl (C=O) groups excluding carboxylic acids is 1. The van der Waals surface area contributed by atoms with Crippen molar-refractivity contribution in [2.75, 3.05) is 6.61 Å². The van der Waals surface area contributed by atoms with Crippen LogP contribution in [0, 0.1) is 10.1 Å². The molecule has 2 atom stereocenters. The van der Waals surface area contributed by atoms with Crippen molar-refractivity contribution < 1.29 is 14.6 Å². The monoisotopic (exact) mass is 319 g/mol. The Morgan fingerprint density at radius 3 is 2.78 bits per heavy atom. The van der Waals surface area contributed by atoms with Crippen LogP contribution in [0.15, 0.2) is 29.4 Å². The Morgan fingerprint density at radius 2 is 2.13 bits per heavy atom. The summed E-state index contributed by atoms with van der Waals surface area (Å²) in [5.74, 6) is -0.0825. The van der Waals surface area contributed by atoms with Gasteiger partial charge < -0.3 is 9.74 Å². The number of piperidine rings is 1. The normalized spacial score (nSPS) is 21.4. The third-order valence-corrected chi connectivity index (χ3v) is 4.03. The zero-order valence-electron chi connectivity index (χ0n) is 13.3. The second-order valence-electron chi connectivity index (χ2n) is 5.79. The maximum absolute atomic E-state index is 12.2. The van der Waals surface area contributed by atoms with Crippen LogP contribution >= 0.6 is 0 Å². The summed E-state index contributed by atoms with van der Waals surface area (Å²) in [5, 5.41) is 14.4. The van der Waals surface area contributed by atoms with Gasteiger partial charge >= 0.3 is 0 Å². The maximum Gasteiger partial charge on any atom is 0.270 e. The van der Waals surface area contributed by atoms with E-state index in [1.165, 1.54) is 18.3 Å². The molecule has 1 aliphatic rings. The van der Waals surface area contributed by atoms with Crippen LogP contribution in [-0.4, -0.2) is 40.6 Å². The van der Waals surface area contributed by atoms with Crippen LogP contribution in [0.25, 0.3) is 0 Å². The number of amides is 1. The number of carbonyl (C=O) groups is 1. The van der Waals surface area contributed by atoms with E-state index in [2.05, 4.69) is 5.16 Å². The lowest BCUT2D eigenvalue weighted by molar-refractivity contribution is -0.384. The number of nitrogens with zero attached hydrogens (tertiary/aromatic N) is 3. The summed E-state index contributed by atoms with van der Waals surface area (Å²) in [6.07, 6.45) is 4.52. The van der Waals surface area contributed by atoms with E-state index in [1.54, 1.807) is 12.1 Å². The summed E-state index contributed by atoms with van der Waals surface area (Å²) in [4.78, 5) is 29.3. The first kappa shape index (κ1) is 16.9. The molecule has 1 heterocycles. The molecular formula is C16H21N3O4. The lowest BCUT2D eigenvalue weighted by Gasteiger charge is -2.38. The molecule has 1 aliphatic heterocycles. The van der Waals surface area contributed by atoms with E-state index < -0.39 is 4.92 Å². The minimum Gasteiger partial charge on any atom is -0.386 e. The summed E-state index contributed by atoms with van der Waals surface area (Å²) in [6, 6.07) is 6.48. The molecule has 1 aromatic rings. The summed E-state index contributed by atoms with van der Waals surface area (Å²) in [5.41, 5.74) is 0.535. The number of likely N-dealkylation sites (tertiary alicyclic amines) is 1. The van der Waals surface area contributed by atoms with Gasteiger partial charge in [-0.25, -0.2) is 0 Å². The van der Waals surface area contributed by atoms with Gasteiger partial charge in [-0.3, -0.25) is 14.9 Å². The maximum atomic E-state index is 12.2. The van der Waals surface area contributed by atoms with E-state index in [-0.39, 0.29) is 30.3 Å². The number of oxime groups is 1. The second-order valence-corrected chi connectivity index (χ2v) is 5.79. The Balaban J connectivity index is 1.87. The number of hydrogen-bond donors (Lipinski definition) is 0. The first-order chi connectivity index (χ1) is 11.0. The van der Waals surface area contributed by atoms with Gasteiger partial charge in [-0.1, -0.05) is 17.3 Å². The van der Waals surface area contributed by atoms with Crippen molar-refractivity contribution in [3.8, 4) is 0 Å². The number of non-ortho nitro benzene ring substituents is 1. The molecule has 0 radical (unpaired) electrons. The Labute approximate surface area is 135 Å². The Morgan fingerprint density at radius 1 is 1.43 bits per heavy atom. The predicted molar refractivity (Wildman–Crippen MR) is 86.3 cm³/mol. The van der Waals surface area contributed by atoms with E-state index in [0.29, 0.717) is 5.56 Å². The topological polar surface area (TPSA) is 85.0 Å². The largest absolute Gasteiger partial charge is 0.386 e. The van der Waals surface area contributed by atoms with Gasteiger partial charge in [0.05, 0.1) is 11.1 Å². The summed E-state index contributed by atoms with van der Waals surface area (Å²) >= 11 is 0. The number of rotatable bonds is 5. The predicted octanol–water partition coefficient (Wildman–Crippen LogP) is 2.73. The molecule has 0 N–H and O–H groups in total. The molecule has 0 saturated carbocycles. The summed E-state index contributed by atoms with van der Waals surface area (Å²) < 4.78 is 0. The van der Waals surface area contributed by atoms with E-state index in [0.717, 1.165) is 19.3 Å². The fraction of sp³-hybridized carbons (Fsp3) is 0.500. The summed E-state index contributed by atoms with van der Waals surface area (Å²) in [7, 11) is 0. The van der Waals surface area contributed by atoms with Crippen molar-refractivity contribution >= 4 is 17.8 Å². The first-order valence-corrected chi connectivity index (χ1v) is 7.70. The van der Waals surface area contributed by atoms with Gasteiger partial charge in [0.25, 0.3) is 11.6 Å². The third-order valence-electron chi connectivity index (χ3n) is 4.03. The first-order valence-electron chi connectivity index (χ1n) is 7.70. The highest BCUT2D eigenvalue weighted by Gasteiger charge is 2.28. The Kier molecular flexibility index (Phi) is 5.67. The molecule has 7 nitrogen and oxygen atoms in total. The molecule has 0 unspecified atom stereocenters. The Bertz CT molecular complexity index is 593. The number of hydrogen-bond acceptors (Lipinski definition) is 5. The van der Waals surface area contributed by atoms with Crippen molar-refractivity contribution in [2.45, 2.75) is 45.2 Å². The highest BCUT2D eigenvalue weighted by atomic mass is 16.6. The van der Waals surface area contributed by atoms with E-state index in [4.69, 9.17) is 4.84 Å². The fourth-order valence-corrected chi connectivity index (χ4v) is 2.90. The van der Waals surface area contributed by atoms with Crippen molar-refractivity contribution in [1.82, 2.24) is 4.90 Å².